The van der Waals surface area contributed by atoms with Gasteiger partial charge in [-0.3, -0.25) is 4.79 Å². The van der Waals surface area contributed by atoms with E-state index in [-0.39, 0.29) is 11.4 Å². The predicted molar refractivity (Wildman–Crippen MR) is 55.0 cm³/mol. The lowest BCUT2D eigenvalue weighted by molar-refractivity contribution is 0.619. The molecule has 1 aromatic heterocycles. The molecule has 76 valence electrons. The van der Waals surface area contributed by atoms with Gasteiger partial charge in [0.1, 0.15) is 5.82 Å². The molecule has 0 aliphatic rings. The molecule has 0 amide bonds. The molecule has 4 heteroatoms. The Kier molecular flexibility index (Phi) is 2.33. The predicted octanol–water partition coefficient (Wildman–Crippen LogP) is 1.88. The Morgan fingerprint density at radius 1 is 1.40 bits per heavy atom. The molecule has 0 aliphatic heterocycles. The number of H-pyrrole nitrogens is 1. The smallest absolute Gasteiger partial charge is 0.251 e. The monoisotopic (exact) mass is 204 g/mol. The Morgan fingerprint density at radius 3 is 2.93 bits per heavy atom. The van der Waals surface area contributed by atoms with Crippen LogP contribution in [0.15, 0.2) is 35.4 Å². The van der Waals surface area contributed by atoms with E-state index in [0.29, 0.717) is 16.8 Å². The summed E-state index contributed by atoms with van der Waals surface area (Å²) < 4.78 is 13.3. The molecule has 3 nitrogen and oxygen atoms in total. The zero-order valence-electron chi connectivity index (χ0n) is 8.12. The van der Waals surface area contributed by atoms with Gasteiger partial charge in [0.15, 0.2) is 0 Å². The maximum absolute atomic E-state index is 13.3. The fourth-order valence-electron chi connectivity index (χ4n) is 1.40. The van der Waals surface area contributed by atoms with Gasteiger partial charge < -0.3 is 4.98 Å². The third-order valence-electron chi connectivity index (χ3n) is 2.22. The molecule has 1 N–H and O–H groups in total. The van der Waals surface area contributed by atoms with Crippen molar-refractivity contribution in [1.29, 1.82) is 0 Å². The lowest BCUT2D eigenvalue weighted by atomic mass is 10.1. The van der Waals surface area contributed by atoms with Crippen LogP contribution < -0.4 is 5.56 Å². The molecule has 0 bridgehead atoms. The van der Waals surface area contributed by atoms with Crippen molar-refractivity contribution in [2.24, 2.45) is 0 Å². The Bertz CT molecular complexity index is 548. The van der Waals surface area contributed by atoms with Crippen molar-refractivity contribution < 1.29 is 4.39 Å². The first-order chi connectivity index (χ1) is 7.18. The van der Waals surface area contributed by atoms with E-state index < -0.39 is 0 Å². The molecule has 0 fully saturated rings. The topological polar surface area (TPSA) is 45.8 Å². The van der Waals surface area contributed by atoms with Gasteiger partial charge >= 0.3 is 0 Å². The van der Waals surface area contributed by atoms with E-state index >= 15 is 0 Å². The third kappa shape index (κ3) is 1.79. The number of nitrogens with one attached hydrogen (secondary N) is 1. The summed E-state index contributed by atoms with van der Waals surface area (Å²) in [5.74, 6) is -0.297. The first-order valence-corrected chi connectivity index (χ1v) is 4.48. The molecule has 0 saturated heterocycles. The standard InChI is InChI=1S/C11H9FN2O/c1-7-8(3-2-4-9(7)12)10-5-11(15)14-6-13-10/h2-6H,1H3,(H,13,14,15). The zero-order valence-corrected chi connectivity index (χ0v) is 8.12. The van der Waals surface area contributed by atoms with Crippen LogP contribution in [-0.4, -0.2) is 9.97 Å². The van der Waals surface area contributed by atoms with Crippen LogP contribution in [0.1, 0.15) is 5.56 Å². The molecule has 0 atom stereocenters. The first-order valence-electron chi connectivity index (χ1n) is 4.48. The van der Waals surface area contributed by atoms with Crippen LogP contribution in [0.5, 0.6) is 0 Å². The summed E-state index contributed by atoms with van der Waals surface area (Å²) in [7, 11) is 0. The maximum atomic E-state index is 13.3. The number of rotatable bonds is 1. The van der Waals surface area contributed by atoms with E-state index in [2.05, 4.69) is 9.97 Å². The van der Waals surface area contributed by atoms with Crippen molar-refractivity contribution in [1.82, 2.24) is 9.97 Å². The highest BCUT2D eigenvalue weighted by Crippen LogP contribution is 2.21. The molecule has 2 aromatic rings. The number of hydrogen-bond acceptors (Lipinski definition) is 2. The van der Waals surface area contributed by atoms with Gasteiger partial charge in [0, 0.05) is 11.6 Å². The summed E-state index contributed by atoms with van der Waals surface area (Å²) in [6.07, 6.45) is 1.31. The van der Waals surface area contributed by atoms with Gasteiger partial charge in [0.2, 0.25) is 0 Å². The summed E-state index contributed by atoms with van der Waals surface area (Å²) in [6, 6.07) is 6.06. The van der Waals surface area contributed by atoms with Crippen molar-refractivity contribution >= 4 is 0 Å². The molecule has 1 heterocycles. The maximum Gasteiger partial charge on any atom is 0.251 e. The van der Waals surface area contributed by atoms with E-state index in [4.69, 9.17) is 0 Å². The highest BCUT2D eigenvalue weighted by atomic mass is 19.1. The van der Waals surface area contributed by atoms with Crippen molar-refractivity contribution in [3.8, 4) is 11.3 Å². The average Bonchev–Trinajstić information content (AvgIpc) is 2.22. The van der Waals surface area contributed by atoms with Gasteiger partial charge in [-0.2, -0.15) is 0 Å². The highest BCUT2D eigenvalue weighted by molar-refractivity contribution is 5.62. The summed E-state index contributed by atoms with van der Waals surface area (Å²) >= 11 is 0. The van der Waals surface area contributed by atoms with Crippen LogP contribution in [0, 0.1) is 12.7 Å². The SMILES string of the molecule is Cc1c(F)cccc1-c1cc(=O)[nH]cn1. The Labute approximate surface area is 85.6 Å². The van der Waals surface area contributed by atoms with Crippen LogP contribution in [0.2, 0.25) is 0 Å². The second-order valence-electron chi connectivity index (χ2n) is 3.21. The number of aromatic nitrogens is 2. The number of halogens is 1. The summed E-state index contributed by atoms with van der Waals surface area (Å²) in [4.78, 5) is 17.5. The molecule has 0 aliphatic carbocycles. The van der Waals surface area contributed by atoms with Crippen molar-refractivity contribution in [3.63, 3.8) is 0 Å². The fraction of sp³-hybridized carbons (Fsp3) is 0.0909. The minimum Gasteiger partial charge on any atom is -0.313 e. The highest BCUT2D eigenvalue weighted by Gasteiger charge is 2.06. The summed E-state index contributed by atoms with van der Waals surface area (Å²) in [5.41, 5.74) is 1.37. The number of hydrogen-bond donors (Lipinski definition) is 1. The van der Waals surface area contributed by atoms with Gasteiger partial charge in [0.05, 0.1) is 12.0 Å². The van der Waals surface area contributed by atoms with Gasteiger partial charge in [-0.05, 0) is 18.6 Å². The Balaban J connectivity index is 2.64. The van der Waals surface area contributed by atoms with Gasteiger partial charge in [-0.1, -0.05) is 12.1 Å². The molecule has 0 radical (unpaired) electrons. The van der Waals surface area contributed by atoms with Crippen molar-refractivity contribution in [3.05, 3.63) is 52.3 Å². The minimum absolute atomic E-state index is 0.247. The normalized spacial score (nSPS) is 10.3. The van der Waals surface area contributed by atoms with Gasteiger partial charge in [-0.15, -0.1) is 0 Å². The lowest BCUT2D eigenvalue weighted by Crippen LogP contribution is -2.05. The molecule has 0 unspecified atom stereocenters. The molecule has 0 saturated carbocycles. The van der Waals surface area contributed by atoms with Crippen LogP contribution >= 0.6 is 0 Å². The second-order valence-corrected chi connectivity index (χ2v) is 3.21. The second kappa shape index (κ2) is 3.65. The molecule has 15 heavy (non-hydrogen) atoms. The fourth-order valence-corrected chi connectivity index (χ4v) is 1.40. The van der Waals surface area contributed by atoms with Crippen LogP contribution in [0.25, 0.3) is 11.3 Å². The molecular formula is C11H9FN2O. The summed E-state index contributed by atoms with van der Waals surface area (Å²) in [6.45, 7) is 1.66. The van der Waals surface area contributed by atoms with E-state index in [1.54, 1.807) is 19.1 Å². The lowest BCUT2D eigenvalue weighted by Gasteiger charge is -2.04. The molecule has 1 aromatic carbocycles. The summed E-state index contributed by atoms with van der Waals surface area (Å²) in [5, 5.41) is 0. The Morgan fingerprint density at radius 2 is 2.20 bits per heavy atom. The van der Waals surface area contributed by atoms with E-state index in [0.717, 1.165) is 0 Å². The molecular weight excluding hydrogens is 195 g/mol. The third-order valence-corrected chi connectivity index (χ3v) is 2.22. The number of aromatic amines is 1. The van der Waals surface area contributed by atoms with Crippen molar-refractivity contribution in [2.45, 2.75) is 6.92 Å². The average molecular weight is 204 g/mol. The van der Waals surface area contributed by atoms with Crippen LogP contribution in [-0.2, 0) is 0 Å². The minimum atomic E-state index is -0.297. The largest absolute Gasteiger partial charge is 0.313 e. The van der Waals surface area contributed by atoms with Crippen LogP contribution in [0.4, 0.5) is 4.39 Å². The Hall–Kier alpha value is -1.97. The van der Waals surface area contributed by atoms with Gasteiger partial charge in [0.25, 0.3) is 5.56 Å². The van der Waals surface area contributed by atoms with Crippen LogP contribution in [0.3, 0.4) is 0 Å². The number of benzene rings is 1. The number of nitrogens with zero attached hydrogens (tertiary/aromatic N) is 1. The molecule has 2 rings (SSSR count). The zero-order chi connectivity index (χ0) is 10.8. The van der Waals surface area contributed by atoms with Gasteiger partial charge in [-0.25, -0.2) is 9.37 Å². The molecule has 0 spiro atoms. The van der Waals surface area contributed by atoms with E-state index in [1.807, 2.05) is 0 Å². The van der Waals surface area contributed by atoms with Crippen molar-refractivity contribution in [2.75, 3.05) is 0 Å². The van der Waals surface area contributed by atoms with E-state index in [9.17, 15) is 9.18 Å². The quantitative estimate of drug-likeness (QED) is 0.770. The van der Waals surface area contributed by atoms with E-state index in [1.165, 1.54) is 18.5 Å². The first kappa shape index (κ1) is 9.58.